The second-order valence-corrected chi connectivity index (χ2v) is 7.17. The predicted molar refractivity (Wildman–Crippen MR) is 83.6 cm³/mol. The van der Waals surface area contributed by atoms with Crippen LogP contribution < -0.4 is 5.32 Å². The monoisotopic (exact) mass is 354 g/mol. The number of nitrogens with zero attached hydrogens (tertiary/aromatic N) is 1. The molecular weight excluding hydrogens is 334 g/mol. The maximum atomic E-state index is 13.2. The minimum absolute atomic E-state index is 0. The molecule has 1 saturated heterocycles. The fourth-order valence-corrected chi connectivity index (χ4v) is 3.97. The smallest absolute Gasteiger partial charge is 0.243 e. The molecule has 4 nitrogen and oxygen atoms in total. The molecule has 0 unspecified atom stereocenters. The van der Waals surface area contributed by atoms with Gasteiger partial charge in [-0.15, -0.1) is 12.4 Å². The van der Waals surface area contributed by atoms with Crippen molar-refractivity contribution in [1.29, 1.82) is 0 Å². The van der Waals surface area contributed by atoms with E-state index in [4.69, 9.17) is 0 Å². The standard InChI is InChI=1S/C14H20F2N2O2S.ClH/c1-2-17-10-11-5-7-18(8-6-11)21(19,20)12-3-4-13(15)14(16)9-12;/h3-4,9,11,17H,2,5-8,10H2,1H3;1H. The van der Waals surface area contributed by atoms with E-state index >= 15 is 0 Å². The van der Waals surface area contributed by atoms with E-state index in [1.165, 1.54) is 4.31 Å². The third-order valence-corrected chi connectivity index (χ3v) is 5.68. The summed E-state index contributed by atoms with van der Waals surface area (Å²) in [5.74, 6) is -1.72. The summed E-state index contributed by atoms with van der Waals surface area (Å²) < 4.78 is 52.3. The fraction of sp³-hybridized carbons (Fsp3) is 0.571. The van der Waals surface area contributed by atoms with Crippen LogP contribution in [0, 0.1) is 17.6 Å². The zero-order chi connectivity index (χ0) is 15.5. The Balaban J connectivity index is 0.00000242. The van der Waals surface area contributed by atoms with Crippen molar-refractivity contribution in [2.45, 2.75) is 24.7 Å². The van der Waals surface area contributed by atoms with Crippen molar-refractivity contribution in [2.75, 3.05) is 26.2 Å². The van der Waals surface area contributed by atoms with Crippen molar-refractivity contribution in [3.8, 4) is 0 Å². The Morgan fingerprint density at radius 3 is 2.41 bits per heavy atom. The molecular formula is C14H21ClF2N2O2S. The Hall–Kier alpha value is -0.760. The summed E-state index contributed by atoms with van der Waals surface area (Å²) in [5, 5.41) is 3.26. The summed E-state index contributed by atoms with van der Waals surface area (Å²) in [6.07, 6.45) is 1.55. The van der Waals surface area contributed by atoms with Gasteiger partial charge in [-0.05, 0) is 50.0 Å². The fourth-order valence-electron chi connectivity index (χ4n) is 2.49. The first-order valence-corrected chi connectivity index (χ1v) is 8.55. The number of sulfonamides is 1. The molecule has 1 N–H and O–H groups in total. The van der Waals surface area contributed by atoms with E-state index in [2.05, 4.69) is 5.32 Å². The first-order chi connectivity index (χ1) is 9.95. The van der Waals surface area contributed by atoms with Crippen molar-refractivity contribution in [1.82, 2.24) is 9.62 Å². The third-order valence-electron chi connectivity index (χ3n) is 3.79. The topological polar surface area (TPSA) is 49.4 Å². The van der Waals surface area contributed by atoms with Gasteiger partial charge in [-0.2, -0.15) is 4.31 Å². The maximum absolute atomic E-state index is 13.2. The number of rotatable bonds is 5. The van der Waals surface area contributed by atoms with Gasteiger partial charge < -0.3 is 5.32 Å². The van der Waals surface area contributed by atoms with Gasteiger partial charge in [-0.25, -0.2) is 17.2 Å². The molecule has 8 heteroatoms. The lowest BCUT2D eigenvalue weighted by atomic mass is 9.98. The summed E-state index contributed by atoms with van der Waals surface area (Å²) in [4.78, 5) is -0.188. The Kier molecular flexibility index (Phi) is 7.18. The summed E-state index contributed by atoms with van der Waals surface area (Å²) in [6, 6.07) is 2.70. The summed E-state index contributed by atoms with van der Waals surface area (Å²) in [6.45, 7) is 4.64. The van der Waals surface area contributed by atoms with Crippen molar-refractivity contribution in [2.24, 2.45) is 5.92 Å². The molecule has 0 saturated carbocycles. The summed E-state index contributed by atoms with van der Waals surface area (Å²) >= 11 is 0. The number of nitrogens with one attached hydrogen (secondary N) is 1. The van der Waals surface area contributed by atoms with E-state index in [1.807, 2.05) is 6.92 Å². The van der Waals surface area contributed by atoms with Gasteiger partial charge in [0.2, 0.25) is 10.0 Å². The highest BCUT2D eigenvalue weighted by Gasteiger charge is 2.29. The zero-order valence-corrected chi connectivity index (χ0v) is 14.0. The molecule has 1 aliphatic rings. The molecule has 22 heavy (non-hydrogen) atoms. The second-order valence-electron chi connectivity index (χ2n) is 5.23. The summed E-state index contributed by atoms with van der Waals surface area (Å²) in [5.41, 5.74) is 0. The van der Waals surface area contributed by atoms with Crippen LogP contribution in [0.15, 0.2) is 23.1 Å². The highest BCUT2D eigenvalue weighted by atomic mass is 35.5. The van der Waals surface area contributed by atoms with Crippen LogP contribution in [-0.4, -0.2) is 38.9 Å². The first kappa shape index (κ1) is 19.3. The largest absolute Gasteiger partial charge is 0.317 e. The van der Waals surface area contributed by atoms with Crippen molar-refractivity contribution in [3.05, 3.63) is 29.8 Å². The highest BCUT2D eigenvalue weighted by Crippen LogP contribution is 2.24. The van der Waals surface area contributed by atoms with Crippen LogP contribution in [0.5, 0.6) is 0 Å². The molecule has 2 rings (SSSR count). The molecule has 0 aromatic heterocycles. The van der Waals surface area contributed by atoms with Gasteiger partial charge in [0.25, 0.3) is 0 Å². The van der Waals surface area contributed by atoms with Crippen LogP contribution in [0.1, 0.15) is 19.8 Å². The lowest BCUT2D eigenvalue weighted by Gasteiger charge is -2.31. The number of halogens is 3. The van der Waals surface area contributed by atoms with Crippen LogP contribution in [0.25, 0.3) is 0 Å². The molecule has 0 spiro atoms. The van der Waals surface area contributed by atoms with E-state index in [9.17, 15) is 17.2 Å². The van der Waals surface area contributed by atoms with Crippen LogP contribution in [0.4, 0.5) is 8.78 Å². The highest BCUT2D eigenvalue weighted by molar-refractivity contribution is 7.89. The molecule has 1 aromatic rings. The molecule has 1 heterocycles. The quantitative estimate of drug-likeness (QED) is 0.883. The van der Waals surface area contributed by atoms with Crippen molar-refractivity contribution < 1.29 is 17.2 Å². The van der Waals surface area contributed by atoms with E-state index in [-0.39, 0.29) is 17.3 Å². The van der Waals surface area contributed by atoms with Gasteiger partial charge in [0.05, 0.1) is 4.90 Å². The van der Waals surface area contributed by atoms with E-state index < -0.39 is 21.7 Å². The molecule has 0 aliphatic carbocycles. The maximum Gasteiger partial charge on any atom is 0.243 e. The van der Waals surface area contributed by atoms with Crippen molar-refractivity contribution >= 4 is 22.4 Å². The Morgan fingerprint density at radius 2 is 1.86 bits per heavy atom. The van der Waals surface area contributed by atoms with E-state index in [0.717, 1.165) is 44.1 Å². The molecule has 1 aromatic carbocycles. The molecule has 0 radical (unpaired) electrons. The third kappa shape index (κ3) is 4.38. The normalized spacial score (nSPS) is 17.2. The minimum atomic E-state index is -3.74. The lowest BCUT2D eigenvalue weighted by Crippen LogP contribution is -2.40. The van der Waals surface area contributed by atoms with Crippen LogP contribution in [0.3, 0.4) is 0 Å². The molecule has 1 aliphatic heterocycles. The molecule has 126 valence electrons. The Labute approximate surface area is 136 Å². The first-order valence-electron chi connectivity index (χ1n) is 7.11. The molecule has 0 amide bonds. The van der Waals surface area contributed by atoms with Gasteiger partial charge in [-0.3, -0.25) is 0 Å². The Morgan fingerprint density at radius 1 is 1.23 bits per heavy atom. The van der Waals surface area contributed by atoms with Gasteiger partial charge >= 0.3 is 0 Å². The van der Waals surface area contributed by atoms with Crippen molar-refractivity contribution in [3.63, 3.8) is 0 Å². The van der Waals surface area contributed by atoms with Crippen LogP contribution >= 0.6 is 12.4 Å². The zero-order valence-electron chi connectivity index (χ0n) is 12.4. The average molecular weight is 355 g/mol. The van der Waals surface area contributed by atoms with Gasteiger partial charge in [0, 0.05) is 13.1 Å². The van der Waals surface area contributed by atoms with E-state index in [1.54, 1.807) is 0 Å². The van der Waals surface area contributed by atoms with E-state index in [0.29, 0.717) is 19.0 Å². The lowest BCUT2D eigenvalue weighted by molar-refractivity contribution is 0.268. The molecule has 0 bridgehead atoms. The van der Waals surface area contributed by atoms with Crippen LogP contribution in [0.2, 0.25) is 0 Å². The number of hydrogen-bond donors (Lipinski definition) is 1. The summed E-state index contributed by atoms with van der Waals surface area (Å²) in [7, 11) is -3.74. The molecule has 0 atom stereocenters. The number of piperidine rings is 1. The minimum Gasteiger partial charge on any atom is -0.317 e. The van der Waals surface area contributed by atoms with Gasteiger partial charge in [-0.1, -0.05) is 6.92 Å². The molecule has 1 fully saturated rings. The van der Waals surface area contributed by atoms with Gasteiger partial charge in [0.15, 0.2) is 11.6 Å². The SMILES string of the molecule is CCNCC1CCN(S(=O)(=O)c2ccc(F)c(F)c2)CC1.Cl. The Bertz CT molecular complexity index is 591. The predicted octanol–water partition coefficient (Wildman–Crippen LogP) is 2.40. The number of benzene rings is 1. The number of hydrogen-bond acceptors (Lipinski definition) is 3. The second kappa shape index (κ2) is 8.19. The average Bonchev–Trinajstić information content (AvgIpc) is 2.48. The van der Waals surface area contributed by atoms with Gasteiger partial charge in [0.1, 0.15) is 0 Å². The van der Waals surface area contributed by atoms with Crippen LogP contribution in [-0.2, 0) is 10.0 Å².